The van der Waals surface area contributed by atoms with Crippen LogP contribution in [0.5, 0.6) is 0 Å². The van der Waals surface area contributed by atoms with E-state index >= 15 is 0 Å². The molecule has 0 spiro atoms. The first kappa shape index (κ1) is 19.3. The molecule has 0 aliphatic carbocycles. The van der Waals surface area contributed by atoms with Gasteiger partial charge in [-0.25, -0.2) is 13.2 Å². The van der Waals surface area contributed by atoms with Crippen molar-refractivity contribution in [3.63, 3.8) is 0 Å². The van der Waals surface area contributed by atoms with Gasteiger partial charge < -0.3 is 5.11 Å². The highest BCUT2D eigenvalue weighted by atomic mass is 79.9. The van der Waals surface area contributed by atoms with Crippen LogP contribution in [0.1, 0.15) is 21.5 Å². The van der Waals surface area contributed by atoms with Gasteiger partial charge in [-0.1, -0.05) is 22.0 Å². The number of aryl methyl sites for hydroxylation is 1. The maximum Gasteiger partial charge on any atom is 0.417 e. The average molecular weight is 438 g/mol. The van der Waals surface area contributed by atoms with E-state index < -0.39 is 27.7 Å². The Morgan fingerprint density at radius 1 is 1.16 bits per heavy atom. The maximum atomic E-state index is 12.9. The van der Waals surface area contributed by atoms with E-state index in [0.717, 1.165) is 18.2 Å². The van der Waals surface area contributed by atoms with Crippen LogP contribution in [0.15, 0.2) is 45.8 Å². The lowest BCUT2D eigenvalue weighted by Crippen LogP contribution is -2.15. The third kappa shape index (κ3) is 4.31. The lowest BCUT2D eigenvalue weighted by Gasteiger charge is -2.13. The van der Waals surface area contributed by atoms with E-state index in [0.29, 0.717) is 11.6 Å². The number of sulfonamides is 1. The molecule has 134 valence electrons. The molecule has 0 saturated heterocycles. The Labute approximate surface area is 149 Å². The second-order valence-corrected chi connectivity index (χ2v) is 7.62. The fourth-order valence-corrected chi connectivity index (χ4v) is 3.57. The van der Waals surface area contributed by atoms with Crippen molar-refractivity contribution in [1.82, 2.24) is 0 Å². The molecular weight excluding hydrogens is 427 g/mol. The molecular formula is C15H11BrF3NO4S. The minimum atomic E-state index is -4.67. The summed E-state index contributed by atoms with van der Waals surface area (Å²) in [5.41, 5.74) is -1.19. The standard InChI is InChI=1S/C15H11BrF3NO4S/c1-8-2-4-10(7-11(8)14(21)22)25(23,24)20-9-3-5-13(16)12(6-9)15(17,18)19/h2-7,20H,1H3,(H,21,22). The Hall–Kier alpha value is -2.07. The van der Waals surface area contributed by atoms with Gasteiger partial charge >= 0.3 is 12.1 Å². The van der Waals surface area contributed by atoms with E-state index in [1.165, 1.54) is 19.1 Å². The van der Waals surface area contributed by atoms with Crippen LogP contribution in [0.2, 0.25) is 0 Å². The van der Waals surface area contributed by atoms with Crippen molar-refractivity contribution in [2.45, 2.75) is 18.0 Å². The number of halogens is 4. The highest BCUT2D eigenvalue weighted by Gasteiger charge is 2.33. The molecule has 0 radical (unpaired) electrons. The van der Waals surface area contributed by atoms with Gasteiger partial charge in [-0.15, -0.1) is 0 Å². The SMILES string of the molecule is Cc1ccc(S(=O)(=O)Nc2ccc(Br)c(C(F)(F)F)c2)cc1C(=O)O. The Kier molecular flexibility index (Phi) is 5.14. The fraction of sp³-hybridized carbons (Fsp3) is 0.133. The van der Waals surface area contributed by atoms with Crippen molar-refractivity contribution in [3.05, 3.63) is 57.6 Å². The molecule has 2 N–H and O–H groups in total. The largest absolute Gasteiger partial charge is 0.478 e. The average Bonchev–Trinajstić information content (AvgIpc) is 2.47. The van der Waals surface area contributed by atoms with Crippen molar-refractivity contribution in [1.29, 1.82) is 0 Å². The van der Waals surface area contributed by atoms with E-state index in [2.05, 4.69) is 15.9 Å². The van der Waals surface area contributed by atoms with Gasteiger partial charge in [0, 0.05) is 10.2 Å². The zero-order chi connectivity index (χ0) is 19.0. The van der Waals surface area contributed by atoms with E-state index in [1.807, 2.05) is 4.72 Å². The number of carbonyl (C=O) groups is 1. The zero-order valence-electron chi connectivity index (χ0n) is 12.6. The third-order valence-corrected chi connectivity index (χ3v) is 5.34. The molecule has 5 nitrogen and oxygen atoms in total. The first-order valence-electron chi connectivity index (χ1n) is 6.65. The molecule has 0 amide bonds. The van der Waals surface area contributed by atoms with Gasteiger partial charge in [-0.05, 0) is 42.8 Å². The van der Waals surface area contributed by atoms with Crippen LogP contribution in [-0.2, 0) is 16.2 Å². The first-order valence-corrected chi connectivity index (χ1v) is 8.93. The normalized spacial score (nSPS) is 12.0. The van der Waals surface area contributed by atoms with Crippen molar-refractivity contribution in [2.24, 2.45) is 0 Å². The quantitative estimate of drug-likeness (QED) is 0.747. The van der Waals surface area contributed by atoms with E-state index in [-0.39, 0.29) is 20.6 Å². The van der Waals surface area contributed by atoms with Crippen LogP contribution in [0, 0.1) is 6.92 Å². The van der Waals surface area contributed by atoms with Crippen LogP contribution in [0.4, 0.5) is 18.9 Å². The van der Waals surface area contributed by atoms with Gasteiger partial charge in [-0.2, -0.15) is 13.2 Å². The van der Waals surface area contributed by atoms with Gasteiger partial charge in [0.15, 0.2) is 0 Å². The molecule has 0 saturated carbocycles. The highest BCUT2D eigenvalue weighted by Crippen LogP contribution is 2.36. The van der Waals surface area contributed by atoms with E-state index in [9.17, 15) is 26.4 Å². The van der Waals surface area contributed by atoms with Crippen LogP contribution in [0.3, 0.4) is 0 Å². The number of alkyl halides is 3. The molecule has 10 heteroatoms. The number of hydrogen-bond acceptors (Lipinski definition) is 3. The molecule has 0 aromatic heterocycles. The molecule has 0 fully saturated rings. The first-order chi connectivity index (χ1) is 11.4. The Morgan fingerprint density at radius 3 is 2.36 bits per heavy atom. The molecule has 0 aliphatic rings. The molecule has 2 aromatic rings. The number of nitrogens with one attached hydrogen (secondary N) is 1. The predicted molar refractivity (Wildman–Crippen MR) is 88.1 cm³/mol. The van der Waals surface area contributed by atoms with Crippen LogP contribution < -0.4 is 4.72 Å². The second-order valence-electron chi connectivity index (χ2n) is 5.08. The van der Waals surface area contributed by atoms with Gasteiger partial charge in [-0.3, -0.25) is 4.72 Å². The fourth-order valence-electron chi connectivity index (χ4n) is 2.02. The van der Waals surface area contributed by atoms with Gasteiger partial charge in [0.05, 0.1) is 16.0 Å². The molecule has 2 rings (SSSR count). The summed E-state index contributed by atoms with van der Waals surface area (Å²) in [6.07, 6.45) is -4.67. The van der Waals surface area contributed by atoms with Crippen LogP contribution >= 0.6 is 15.9 Å². The Bertz CT molecular complexity index is 942. The summed E-state index contributed by atoms with van der Waals surface area (Å²) in [7, 11) is -4.26. The van der Waals surface area contributed by atoms with Crippen LogP contribution in [-0.4, -0.2) is 19.5 Å². The second kappa shape index (κ2) is 6.68. The monoisotopic (exact) mass is 437 g/mol. The van der Waals surface area contributed by atoms with Gasteiger partial charge in [0.2, 0.25) is 0 Å². The highest BCUT2D eigenvalue weighted by molar-refractivity contribution is 9.10. The minimum absolute atomic E-state index is 0.213. The number of hydrogen-bond donors (Lipinski definition) is 2. The number of carboxylic acids is 1. The number of rotatable bonds is 4. The van der Waals surface area contributed by atoms with Gasteiger partial charge in [0.25, 0.3) is 10.0 Å². The molecule has 0 atom stereocenters. The minimum Gasteiger partial charge on any atom is -0.478 e. The topological polar surface area (TPSA) is 83.5 Å². The summed E-state index contributed by atoms with van der Waals surface area (Å²) in [6.45, 7) is 1.50. The smallest absolute Gasteiger partial charge is 0.417 e. The van der Waals surface area contributed by atoms with Crippen molar-refractivity contribution >= 4 is 37.6 Å². The van der Waals surface area contributed by atoms with Crippen LogP contribution in [0.25, 0.3) is 0 Å². The van der Waals surface area contributed by atoms with E-state index in [1.54, 1.807) is 0 Å². The number of carboxylic acid groups (broad SMARTS) is 1. The van der Waals surface area contributed by atoms with Gasteiger partial charge in [0.1, 0.15) is 0 Å². The van der Waals surface area contributed by atoms with Crippen molar-refractivity contribution in [2.75, 3.05) is 4.72 Å². The summed E-state index contributed by atoms with van der Waals surface area (Å²) in [5, 5.41) is 9.06. The Balaban J connectivity index is 2.43. The summed E-state index contributed by atoms with van der Waals surface area (Å²) < 4.78 is 65.2. The molecule has 2 aromatic carbocycles. The Morgan fingerprint density at radius 2 is 1.80 bits per heavy atom. The summed E-state index contributed by atoms with van der Waals surface area (Å²) in [6, 6.07) is 6.30. The number of benzene rings is 2. The van der Waals surface area contributed by atoms with E-state index in [4.69, 9.17) is 5.11 Å². The molecule has 0 unspecified atom stereocenters. The maximum absolute atomic E-state index is 12.9. The summed E-state index contributed by atoms with van der Waals surface area (Å²) in [4.78, 5) is 10.7. The van der Waals surface area contributed by atoms with Crippen molar-refractivity contribution < 1.29 is 31.5 Å². The molecule has 0 bridgehead atoms. The van der Waals surface area contributed by atoms with Crippen molar-refractivity contribution in [3.8, 4) is 0 Å². The summed E-state index contributed by atoms with van der Waals surface area (Å²) >= 11 is 2.76. The molecule has 25 heavy (non-hydrogen) atoms. The third-order valence-electron chi connectivity index (χ3n) is 3.27. The number of aromatic carboxylic acids is 1. The lowest BCUT2D eigenvalue weighted by atomic mass is 10.1. The zero-order valence-corrected chi connectivity index (χ0v) is 15.0. The molecule has 0 aliphatic heterocycles. The predicted octanol–water partition coefficient (Wildman–Crippen LogP) is 4.28. The summed E-state index contributed by atoms with van der Waals surface area (Å²) in [5.74, 6) is -1.31. The lowest BCUT2D eigenvalue weighted by molar-refractivity contribution is -0.138. The number of anilines is 1. The molecule has 0 heterocycles.